The van der Waals surface area contributed by atoms with E-state index in [1.54, 1.807) is 0 Å². The van der Waals surface area contributed by atoms with Gasteiger partial charge in [-0.05, 0) is 12.8 Å². The zero-order chi connectivity index (χ0) is 9.41. The van der Waals surface area contributed by atoms with E-state index in [4.69, 9.17) is 0 Å². The van der Waals surface area contributed by atoms with Crippen LogP contribution in [0.4, 0.5) is 22.0 Å². The second kappa shape index (κ2) is 2.85. The normalized spacial score (nSPS) is 25.8. The molecule has 1 aliphatic carbocycles. The van der Waals surface area contributed by atoms with Crippen LogP contribution < -0.4 is 0 Å². The molecule has 1 fully saturated rings. The fourth-order valence-electron chi connectivity index (χ4n) is 1.37. The maximum absolute atomic E-state index is 12.4. The van der Waals surface area contributed by atoms with Gasteiger partial charge in [-0.1, -0.05) is 0 Å². The smallest absolute Gasteiger partial charge is 0.207 e. The molecule has 0 N–H and O–H groups in total. The summed E-state index contributed by atoms with van der Waals surface area (Å²) in [5.41, 5.74) is 0. The minimum absolute atomic E-state index is 0.434. The van der Waals surface area contributed by atoms with E-state index in [0.717, 1.165) is 0 Å². The lowest BCUT2D eigenvalue weighted by Gasteiger charge is -2.29. The molecule has 0 heterocycles. The Hall–Kier alpha value is -0.350. The lowest BCUT2D eigenvalue weighted by molar-refractivity contribution is -0.196. The van der Waals surface area contributed by atoms with Gasteiger partial charge in [0.25, 0.3) is 0 Å². The summed E-state index contributed by atoms with van der Waals surface area (Å²) in [5.74, 6) is -4.39. The Morgan fingerprint density at radius 1 is 1.00 bits per heavy atom. The van der Waals surface area contributed by atoms with Gasteiger partial charge in [0.2, 0.25) is 5.92 Å². The van der Waals surface area contributed by atoms with Crippen molar-refractivity contribution in [3.63, 3.8) is 0 Å². The molecule has 0 radical (unpaired) electrons. The van der Waals surface area contributed by atoms with Crippen molar-refractivity contribution in [2.75, 3.05) is 0 Å². The third-order valence-corrected chi connectivity index (χ3v) is 2.18. The Balaban J connectivity index is 2.47. The van der Waals surface area contributed by atoms with Crippen LogP contribution in [0, 0.1) is 5.92 Å². The highest BCUT2D eigenvalue weighted by Crippen LogP contribution is 2.43. The molecule has 1 rings (SSSR count). The van der Waals surface area contributed by atoms with Crippen molar-refractivity contribution in [3.8, 4) is 0 Å². The molecule has 12 heavy (non-hydrogen) atoms. The van der Waals surface area contributed by atoms with E-state index < -0.39 is 43.7 Å². The van der Waals surface area contributed by atoms with E-state index >= 15 is 0 Å². The summed E-state index contributed by atoms with van der Waals surface area (Å²) in [7, 11) is 0. The van der Waals surface area contributed by atoms with Crippen molar-refractivity contribution in [1.29, 1.82) is 0 Å². The third-order valence-electron chi connectivity index (χ3n) is 2.18. The molecule has 0 aliphatic heterocycles. The Morgan fingerprint density at radius 2 is 1.42 bits per heavy atom. The summed E-state index contributed by atoms with van der Waals surface area (Å²) < 4.78 is 60.6. The molecular formula is C7H9F5. The number of hydrogen-bond acceptors (Lipinski definition) is 0. The molecular weight excluding hydrogens is 179 g/mol. The Bertz CT molecular complexity index is 150. The molecule has 0 spiro atoms. The largest absolute Gasteiger partial charge is 0.391 e. The predicted octanol–water partition coefficient (Wildman–Crippen LogP) is 3.37. The predicted molar refractivity (Wildman–Crippen MR) is 33.0 cm³/mol. The van der Waals surface area contributed by atoms with Crippen LogP contribution in [0.3, 0.4) is 0 Å². The van der Waals surface area contributed by atoms with Gasteiger partial charge in [0.15, 0.2) is 0 Å². The molecule has 0 amide bonds. The van der Waals surface area contributed by atoms with Crippen LogP contribution >= 0.6 is 0 Å². The van der Waals surface area contributed by atoms with Gasteiger partial charge in [-0.15, -0.1) is 0 Å². The van der Waals surface area contributed by atoms with Crippen LogP contribution in [0.2, 0.25) is 0 Å². The molecule has 0 aromatic carbocycles. The average Bonchev–Trinajstić information content (AvgIpc) is 1.83. The van der Waals surface area contributed by atoms with Gasteiger partial charge in [-0.3, -0.25) is 0 Å². The quantitative estimate of drug-likeness (QED) is 0.511. The van der Waals surface area contributed by atoms with Gasteiger partial charge in [0, 0.05) is 12.8 Å². The standard InChI is InChI=1S/C7H9F5/c8-6(9)3-1-5(2-4-6)7(10,11)12/h5H,1-4H2. The zero-order valence-electron chi connectivity index (χ0n) is 6.30. The lowest BCUT2D eigenvalue weighted by Crippen LogP contribution is -2.32. The van der Waals surface area contributed by atoms with Crippen LogP contribution in [0.5, 0.6) is 0 Å². The lowest BCUT2D eigenvalue weighted by atomic mass is 9.86. The van der Waals surface area contributed by atoms with Crippen molar-refractivity contribution >= 4 is 0 Å². The summed E-state index contributed by atoms with van der Waals surface area (Å²) in [6.07, 6.45) is -6.42. The van der Waals surface area contributed by atoms with Crippen LogP contribution in [0.15, 0.2) is 0 Å². The molecule has 0 saturated heterocycles. The summed E-state index contributed by atoms with van der Waals surface area (Å²) in [4.78, 5) is 0. The first-order valence-corrected chi connectivity index (χ1v) is 3.76. The van der Waals surface area contributed by atoms with Crippen molar-refractivity contribution < 1.29 is 22.0 Å². The van der Waals surface area contributed by atoms with E-state index in [0.29, 0.717) is 0 Å². The molecule has 1 aliphatic rings. The summed E-state index contributed by atoms with van der Waals surface area (Å²) in [6, 6.07) is 0. The van der Waals surface area contributed by atoms with Crippen LogP contribution in [-0.4, -0.2) is 12.1 Å². The minimum Gasteiger partial charge on any atom is -0.207 e. The minimum atomic E-state index is -4.30. The summed E-state index contributed by atoms with van der Waals surface area (Å²) >= 11 is 0. The maximum Gasteiger partial charge on any atom is 0.391 e. The first kappa shape index (κ1) is 9.74. The molecule has 0 unspecified atom stereocenters. The number of alkyl halides is 5. The van der Waals surface area contributed by atoms with E-state index in [1.165, 1.54) is 0 Å². The fraction of sp³-hybridized carbons (Fsp3) is 1.00. The molecule has 1 saturated carbocycles. The second-order valence-electron chi connectivity index (χ2n) is 3.17. The molecule has 0 atom stereocenters. The highest BCUT2D eigenvalue weighted by molar-refractivity contribution is 4.80. The van der Waals surface area contributed by atoms with Gasteiger partial charge < -0.3 is 0 Å². The third kappa shape index (κ3) is 2.32. The molecule has 0 aromatic heterocycles. The van der Waals surface area contributed by atoms with E-state index in [-0.39, 0.29) is 0 Å². The average molecular weight is 188 g/mol. The van der Waals surface area contributed by atoms with Crippen LogP contribution in [-0.2, 0) is 0 Å². The van der Waals surface area contributed by atoms with Crippen LogP contribution in [0.25, 0.3) is 0 Å². The Kier molecular flexibility index (Phi) is 2.31. The highest BCUT2D eigenvalue weighted by atomic mass is 19.4. The molecule has 5 heteroatoms. The van der Waals surface area contributed by atoms with Crippen molar-refractivity contribution in [3.05, 3.63) is 0 Å². The van der Waals surface area contributed by atoms with Crippen LogP contribution in [0.1, 0.15) is 25.7 Å². The SMILES string of the molecule is FC1(F)CCC(C(F)(F)F)CC1. The van der Waals surface area contributed by atoms with E-state index in [2.05, 4.69) is 0 Å². The zero-order valence-corrected chi connectivity index (χ0v) is 6.30. The topological polar surface area (TPSA) is 0 Å². The number of rotatable bonds is 0. The Morgan fingerprint density at radius 3 is 1.75 bits per heavy atom. The first-order chi connectivity index (χ1) is 5.31. The number of halogens is 5. The van der Waals surface area contributed by atoms with Gasteiger partial charge in [0.1, 0.15) is 0 Å². The maximum atomic E-state index is 12.4. The van der Waals surface area contributed by atoms with Gasteiger partial charge in [-0.25, -0.2) is 8.78 Å². The monoisotopic (exact) mass is 188 g/mol. The number of hydrogen-bond donors (Lipinski definition) is 0. The van der Waals surface area contributed by atoms with Crippen molar-refractivity contribution in [1.82, 2.24) is 0 Å². The Labute approximate surface area is 66.8 Å². The summed E-state index contributed by atoms with van der Waals surface area (Å²) in [5, 5.41) is 0. The molecule has 0 nitrogen and oxygen atoms in total. The molecule has 0 bridgehead atoms. The van der Waals surface area contributed by atoms with Gasteiger partial charge >= 0.3 is 6.18 Å². The first-order valence-electron chi connectivity index (χ1n) is 3.76. The van der Waals surface area contributed by atoms with E-state index in [9.17, 15) is 22.0 Å². The van der Waals surface area contributed by atoms with Gasteiger partial charge in [0.05, 0.1) is 5.92 Å². The van der Waals surface area contributed by atoms with Crippen molar-refractivity contribution in [2.45, 2.75) is 37.8 Å². The molecule has 72 valence electrons. The fourth-order valence-corrected chi connectivity index (χ4v) is 1.37. The highest BCUT2D eigenvalue weighted by Gasteiger charge is 2.46. The van der Waals surface area contributed by atoms with E-state index in [1.807, 2.05) is 0 Å². The second-order valence-corrected chi connectivity index (χ2v) is 3.17. The molecule has 0 aromatic rings. The van der Waals surface area contributed by atoms with Gasteiger partial charge in [-0.2, -0.15) is 13.2 Å². The summed E-state index contributed by atoms with van der Waals surface area (Å²) in [6.45, 7) is 0. The van der Waals surface area contributed by atoms with Crippen molar-refractivity contribution in [2.24, 2.45) is 5.92 Å².